The van der Waals surface area contributed by atoms with Crippen molar-refractivity contribution in [3.63, 3.8) is 0 Å². The molecule has 0 unspecified atom stereocenters. The monoisotopic (exact) mass is 392 g/mol. The molecule has 138 valence electrons. The van der Waals surface area contributed by atoms with Gasteiger partial charge in [0.1, 0.15) is 5.58 Å². The Morgan fingerprint density at radius 1 is 1.00 bits per heavy atom. The van der Waals surface area contributed by atoms with Gasteiger partial charge in [0, 0.05) is 22.7 Å². The van der Waals surface area contributed by atoms with E-state index in [1.807, 2.05) is 0 Å². The normalized spacial score (nSPS) is 15.1. The van der Waals surface area contributed by atoms with Crippen molar-refractivity contribution in [2.45, 2.75) is 0 Å². The molecule has 1 aromatic heterocycles. The number of rotatable bonds is 3. The molecule has 1 aliphatic heterocycles. The number of carbonyl (C=O) groups excluding carboxylic acids is 3. The van der Waals surface area contributed by atoms with Crippen molar-refractivity contribution in [3.05, 3.63) is 81.0 Å². The van der Waals surface area contributed by atoms with Crippen molar-refractivity contribution in [3.8, 4) is 0 Å². The fourth-order valence-corrected chi connectivity index (χ4v) is 3.34. The van der Waals surface area contributed by atoms with E-state index in [9.17, 15) is 19.2 Å². The minimum Gasteiger partial charge on any atom is -0.423 e. The molecule has 0 atom stereocenters. The van der Waals surface area contributed by atoms with E-state index < -0.39 is 16.8 Å². The minimum atomic E-state index is -0.433. The molecule has 1 fully saturated rings. The summed E-state index contributed by atoms with van der Waals surface area (Å²) in [6.07, 6.45) is 1.59. The van der Waals surface area contributed by atoms with Gasteiger partial charge in [-0.05, 0) is 59.8 Å². The molecule has 0 bridgehead atoms. The molecule has 1 saturated heterocycles. The first kappa shape index (κ1) is 17.7. The Labute approximate surface area is 162 Å². The van der Waals surface area contributed by atoms with Crippen LogP contribution in [0.4, 0.5) is 10.5 Å². The standard InChI is InChI=1S/C20H12N2O5S/c23-17-8-5-13-10-14(6-7-15(13)27-17)21-18(24)12-3-1-11(2-4-12)9-16-19(25)22-20(26)28-16/h1-10H,(H,21,24)(H,22,25,26). The highest BCUT2D eigenvalue weighted by Gasteiger charge is 2.24. The molecular weight excluding hydrogens is 380 g/mol. The third-order valence-corrected chi connectivity index (χ3v) is 4.80. The Bertz CT molecular complexity index is 1210. The molecule has 4 rings (SSSR count). The Morgan fingerprint density at radius 3 is 2.50 bits per heavy atom. The first-order valence-corrected chi connectivity index (χ1v) is 9.00. The van der Waals surface area contributed by atoms with Crippen molar-refractivity contribution < 1.29 is 18.8 Å². The van der Waals surface area contributed by atoms with Gasteiger partial charge in [-0.15, -0.1) is 0 Å². The molecule has 1 aliphatic rings. The maximum absolute atomic E-state index is 12.4. The molecule has 0 aliphatic carbocycles. The summed E-state index contributed by atoms with van der Waals surface area (Å²) in [6, 6.07) is 14.5. The smallest absolute Gasteiger partial charge is 0.336 e. The van der Waals surface area contributed by atoms with Crippen LogP contribution < -0.4 is 16.3 Å². The Kier molecular flexibility index (Phi) is 4.54. The largest absolute Gasteiger partial charge is 0.423 e. The molecule has 7 nitrogen and oxygen atoms in total. The second-order valence-corrected chi connectivity index (χ2v) is 6.95. The van der Waals surface area contributed by atoms with Crippen LogP contribution in [0, 0.1) is 0 Å². The van der Waals surface area contributed by atoms with Gasteiger partial charge in [-0.25, -0.2) is 4.79 Å². The first-order chi connectivity index (χ1) is 13.5. The SMILES string of the molecule is O=C1NC(=O)C(=Cc2ccc(C(=O)Nc3ccc4oc(=O)ccc4c3)cc2)S1. The van der Waals surface area contributed by atoms with Gasteiger partial charge in [0.2, 0.25) is 0 Å². The van der Waals surface area contributed by atoms with Crippen LogP contribution in [0.25, 0.3) is 17.0 Å². The lowest BCUT2D eigenvalue weighted by molar-refractivity contribution is -0.115. The second-order valence-electron chi connectivity index (χ2n) is 5.94. The lowest BCUT2D eigenvalue weighted by Crippen LogP contribution is -2.17. The summed E-state index contributed by atoms with van der Waals surface area (Å²) in [5, 5.41) is 5.27. The summed E-state index contributed by atoms with van der Waals surface area (Å²) in [4.78, 5) is 46.7. The van der Waals surface area contributed by atoms with Crippen LogP contribution in [0.2, 0.25) is 0 Å². The molecule has 2 aromatic carbocycles. The van der Waals surface area contributed by atoms with Crippen molar-refractivity contribution in [1.82, 2.24) is 5.32 Å². The molecular formula is C20H12N2O5S. The zero-order valence-electron chi connectivity index (χ0n) is 14.2. The number of nitrogens with one attached hydrogen (secondary N) is 2. The quantitative estimate of drug-likeness (QED) is 0.523. The molecule has 28 heavy (non-hydrogen) atoms. The van der Waals surface area contributed by atoms with E-state index in [1.54, 1.807) is 54.6 Å². The molecule has 0 spiro atoms. The zero-order valence-corrected chi connectivity index (χ0v) is 15.0. The highest BCUT2D eigenvalue weighted by Crippen LogP contribution is 2.25. The van der Waals surface area contributed by atoms with Gasteiger partial charge < -0.3 is 9.73 Å². The highest BCUT2D eigenvalue weighted by atomic mass is 32.2. The van der Waals surface area contributed by atoms with Gasteiger partial charge in [0.15, 0.2) is 0 Å². The molecule has 3 aromatic rings. The average molecular weight is 392 g/mol. The number of hydrogen-bond donors (Lipinski definition) is 2. The lowest BCUT2D eigenvalue weighted by atomic mass is 10.1. The number of hydrogen-bond acceptors (Lipinski definition) is 6. The minimum absolute atomic E-state index is 0.306. The fourth-order valence-electron chi connectivity index (χ4n) is 2.66. The van der Waals surface area contributed by atoms with Crippen LogP contribution in [0.1, 0.15) is 15.9 Å². The summed E-state index contributed by atoms with van der Waals surface area (Å²) >= 11 is 0.838. The van der Waals surface area contributed by atoms with Gasteiger partial charge >= 0.3 is 5.63 Å². The summed E-state index contributed by atoms with van der Waals surface area (Å²) in [7, 11) is 0. The van der Waals surface area contributed by atoms with Gasteiger partial charge in [0.25, 0.3) is 17.1 Å². The topological polar surface area (TPSA) is 105 Å². The second kappa shape index (κ2) is 7.16. The van der Waals surface area contributed by atoms with E-state index >= 15 is 0 Å². The summed E-state index contributed by atoms with van der Waals surface area (Å²) in [5.74, 6) is -0.733. The molecule has 2 N–H and O–H groups in total. The fraction of sp³-hybridized carbons (Fsp3) is 0. The first-order valence-electron chi connectivity index (χ1n) is 8.18. The number of carbonyl (C=O) groups is 3. The van der Waals surface area contributed by atoms with E-state index in [2.05, 4.69) is 10.6 Å². The predicted octanol–water partition coefficient (Wildman–Crippen LogP) is 3.37. The van der Waals surface area contributed by atoms with Crippen LogP contribution in [-0.4, -0.2) is 17.1 Å². The van der Waals surface area contributed by atoms with E-state index in [4.69, 9.17) is 4.42 Å². The molecule has 8 heteroatoms. The van der Waals surface area contributed by atoms with Crippen molar-refractivity contribution in [2.75, 3.05) is 5.32 Å². The van der Waals surface area contributed by atoms with Crippen molar-refractivity contribution in [2.24, 2.45) is 0 Å². The molecule has 2 heterocycles. The van der Waals surface area contributed by atoms with Crippen LogP contribution in [-0.2, 0) is 4.79 Å². The highest BCUT2D eigenvalue weighted by molar-refractivity contribution is 8.18. The summed E-state index contributed by atoms with van der Waals surface area (Å²) in [6.45, 7) is 0. The number of anilines is 1. The van der Waals surface area contributed by atoms with Crippen molar-refractivity contribution in [1.29, 1.82) is 0 Å². The average Bonchev–Trinajstić information content (AvgIpc) is 2.99. The summed E-state index contributed by atoms with van der Waals surface area (Å²) < 4.78 is 5.06. The number of imide groups is 1. The van der Waals surface area contributed by atoms with Crippen LogP contribution in [0.3, 0.4) is 0 Å². The third kappa shape index (κ3) is 3.72. The number of amides is 3. The zero-order chi connectivity index (χ0) is 19.7. The van der Waals surface area contributed by atoms with Crippen LogP contribution >= 0.6 is 11.8 Å². The summed E-state index contributed by atoms with van der Waals surface area (Å²) in [5.41, 5.74) is 1.70. The van der Waals surface area contributed by atoms with E-state index in [0.717, 1.165) is 11.8 Å². The lowest BCUT2D eigenvalue weighted by Gasteiger charge is -2.06. The Morgan fingerprint density at radius 2 is 1.79 bits per heavy atom. The number of thioether (sulfide) groups is 1. The van der Waals surface area contributed by atoms with Crippen LogP contribution in [0.5, 0.6) is 0 Å². The maximum Gasteiger partial charge on any atom is 0.336 e. The van der Waals surface area contributed by atoms with Crippen LogP contribution in [0.15, 0.2) is 68.7 Å². The number of fused-ring (bicyclic) bond motifs is 1. The Hall–Kier alpha value is -3.65. The third-order valence-electron chi connectivity index (χ3n) is 3.99. The van der Waals surface area contributed by atoms with E-state index in [1.165, 1.54) is 6.07 Å². The van der Waals surface area contributed by atoms with Crippen molar-refractivity contribution >= 4 is 51.5 Å². The molecule has 3 amide bonds. The number of benzene rings is 2. The van der Waals surface area contributed by atoms with Gasteiger partial charge in [0.05, 0.1) is 4.91 Å². The van der Waals surface area contributed by atoms with Gasteiger partial charge in [-0.2, -0.15) is 0 Å². The molecule has 0 saturated carbocycles. The maximum atomic E-state index is 12.4. The van der Waals surface area contributed by atoms with E-state index in [-0.39, 0.29) is 5.91 Å². The Balaban J connectivity index is 1.50. The van der Waals surface area contributed by atoms with Gasteiger partial charge in [-0.1, -0.05) is 12.1 Å². The molecule has 0 radical (unpaired) electrons. The van der Waals surface area contributed by atoms with Gasteiger partial charge in [-0.3, -0.25) is 19.7 Å². The van der Waals surface area contributed by atoms with E-state index in [0.29, 0.717) is 32.7 Å². The predicted molar refractivity (Wildman–Crippen MR) is 106 cm³/mol.